The van der Waals surface area contributed by atoms with Crippen molar-refractivity contribution in [3.8, 4) is 33.3 Å². The molecule has 3 heterocycles. The molecular formula is C24H20N4O4S. The maximum atomic E-state index is 12.4. The third kappa shape index (κ3) is 4.78. The number of ether oxygens (including phenoxy) is 2. The Morgan fingerprint density at radius 3 is 2.76 bits per heavy atom. The highest BCUT2D eigenvalue weighted by Gasteiger charge is 2.15. The van der Waals surface area contributed by atoms with Gasteiger partial charge in [0, 0.05) is 35.5 Å². The second kappa shape index (κ2) is 9.25. The van der Waals surface area contributed by atoms with E-state index in [0.29, 0.717) is 30.2 Å². The average Bonchev–Trinajstić information content (AvgIpc) is 3.50. The van der Waals surface area contributed by atoms with Gasteiger partial charge in [-0.15, -0.1) is 11.3 Å². The van der Waals surface area contributed by atoms with E-state index in [1.54, 1.807) is 29.5 Å². The molecule has 1 amide bonds. The Balaban J connectivity index is 1.19. The summed E-state index contributed by atoms with van der Waals surface area (Å²) in [6.07, 6.45) is 0.606. The van der Waals surface area contributed by atoms with Crippen LogP contribution in [0.15, 0.2) is 70.8 Å². The first-order valence-electron chi connectivity index (χ1n) is 10.4. The topological polar surface area (TPSA) is 95.3 Å². The molecule has 5 rings (SSSR count). The average molecular weight is 461 g/mol. The zero-order valence-electron chi connectivity index (χ0n) is 17.6. The van der Waals surface area contributed by atoms with Crippen LogP contribution in [0.5, 0.6) is 11.5 Å². The van der Waals surface area contributed by atoms with Crippen molar-refractivity contribution in [2.24, 2.45) is 0 Å². The number of fused-ring (bicyclic) bond motifs is 1. The Morgan fingerprint density at radius 2 is 1.88 bits per heavy atom. The summed E-state index contributed by atoms with van der Waals surface area (Å²) < 4.78 is 11.9. The predicted molar refractivity (Wildman–Crippen MR) is 124 cm³/mol. The predicted octanol–water partition coefficient (Wildman–Crippen LogP) is 3.12. The van der Waals surface area contributed by atoms with Crippen molar-refractivity contribution in [2.45, 2.75) is 13.0 Å². The monoisotopic (exact) mass is 460 g/mol. The van der Waals surface area contributed by atoms with E-state index >= 15 is 0 Å². The van der Waals surface area contributed by atoms with E-state index in [4.69, 9.17) is 9.47 Å². The zero-order valence-corrected chi connectivity index (χ0v) is 18.4. The fraction of sp³-hybridized carbons (Fsp3) is 0.167. The van der Waals surface area contributed by atoms with Crippen LogP contribution in [0.2, 0.25) is 0 Å². The van der Waals surface area contributed by atoms with Crippen LogP contribution in [0.25, 0.3) is 21.8 Å². The van der Waals surface area contributed by atoms with Crippen molar-refractivity contribution in [1.29, 1.82) is 0 Å². The minimum Gasteiger partial charge on any atom is -0.454 e. The first kappa shape index (κ1) is 20.9. The molecule has 1 aliphatic heterocycles. The van der Waals surface area contributed by atoms with E-state index in [9.17, 15) is 9.59 Å². The van der Waals surface area contributed by atoms with Crippen LogP contribution < -0.4 is 20.3 Å². The van der Waals surface area contributed by atoms with Crippen molar-refractivity contribution in [3.05, 3.63) is 82.1 Å². The lowest BCUT2D eigenvalue weighted by Gasteiger charge is -2.08. The van der Waals surface area contributed by atoms with E-state index in [1.165, 1.54) is 6.07 Å². The van der Waals surface area contributed by atoms with Crippen LogP contribution in [0.4, 0.5) is 0 Å². The Hall–Kier alpha value is -3.98. The molecule has 9 heteroatoms. The van der Waals surface area contributed by atoms with Gasteiger partial charge in [0.1, 0.15) is 11.6 Å². The lowest BCUT2D eigenvalue weighted by atomic mass is 10.1. The molecule has 0 spiro atoms. The number of thiazole rings is 1. The van der Waals surface area contributed by atoms with Crippen LogP contribution in [-0.2, 0) is 17.8 Å². The van der Waals surface area contributed by atoms with Crippen molar-refractivity contribution >= 4 is 17.2 Å². The number of rotatable bonds is 7. The molecule has 0 fully saturated rings. The molecule has 0 saturated carbocycles. The molecule has 33 heavy (non-hydrogen) atoms. The van der Waals surface area contributed by atoms with Crippen molar-refractivity contribution in [2.75, 3.05) is 13.3 Å². The van der Waals surface area contributed by atoms with E-state index in [0.717, 1.165) is 26.5 Å². The Bertz CT molecular complexity index is 1350. The zero-order chi connectivity index (χ0) is 22.6. The van der Waals surface area contributed by atoms with Gasteiger partial charge in [0.15, 0.2) is 11.5 Å². The van der Waals surface area contributed by atoms with E-state index in [2.05, 4.69) is 15.4 Å². The third-order valence-electron chi connectivity index (χ3n) is 5.10. The number of nitrogens with zero attached hydrogens (tertiary/aromatic N) is 3. The molecule has 0 saturated heterocycles. The number of hydrogen-bond donors (Lipinski definition) is 1. The van der Waals surface area contributed by atoms with Gasteiger partial charge in [0.05, 0.1) is 11.4 Å². The SMILES string of the molecule is O=C(Cn1nc(-c2ccc3c(c2)OCO3)ccc1=O)NCCc1csc(-c2ccccc2)n1. The van der Waals surface area contributed by atoms with Gasteiger partial charge in [-0.1, -0.05) is 30.3 Å². The second-order valence-electron chi connectivity index (χ2n) is 7.39. The quantitative estimate of drug-likeness (QED) is 0.455. The van der Waals surface area contributed by atoms with Gasteiger partial charge in [0.25, 0.3) is 5.56 Å². The van der Waals surface area contributed by atoms with Crippen molar-refractivity contribution in [3.63, 3.8) is 0 Å². The molecule has 2 aromatic carbocycles. The fourth-order valence-corrected chi connectivity index (χ4v) is 4.29. The summed E-state index contributed by atoms with van der Waals surface area (Å²) in [7, 11) is 0. The van der Waals surface area contributed by atoms with Crippen LogP contribution in [-0.4, -0.2) is 34.0 Å². The molecule has 1 N–H and O–H groups in total. The molecule has 4 aromatic rings. The number of amides is 1. The van der Waals surface area contributed by atoms with Crippen LogP contribution in [0, 0.1) is 0 Å². The first-order valence-corrected chi connectivity index (χ1v) is 11.3. The summed E-state index contributed by atoms with van der Waals surface area (Å²) in [5, 5.41) is 10.1. The molecular weight excluding hydrogens is 440 g/mol. The highest BCUT2D eigenvalue weighted by Crippen LogP contribution is 2.35. The smallest absolute Gasteiger partial charge is 0.267 e. The summed E-state index contributed by atoms with van der Waals surface area (Å²) in [5.74, 6) is 1.01. The lowest BCUT2D eigenvalue weighted by Crippen LogP contribution is -2.34. The Kier molecular flexibility index (Phi) is 5.86. The van der Waals surface area contributed by atoms with Gasteiger partial charge in [0.2, 0.25) is 12.7 Å². The summed E-state index contributed by atoms with van der Waals surface area (Å²) in [6.45, 7) is 0.442. The summed E-state index contributed by atoms with van der Waals surface area (Å²) >= 11 is 1.58. The molecule has 0 bridgehead atoms. The number of benzene rings is 2. The Morgan fingerprint density at radius 1 is 1.03 bits per heavy atom. The number of aromatic nitrogens is 3. The van der Waals surface area contributed by atoms with Gasteiger partial charge < -0.3 is 14.8 Å². The van der Waals surface area contributed by atoms with Crippen LogP contribution in [0.3, 0.4) is 0 Å². The van der Waals surface area contributed by atoms with Crippen LogP contribution >= 0.6 is 11.3 Å². The maximum absolute atomic E-state index is 12.4. The molecule has 2 aromatic heterocycles. The summed E-state index contributed by atoms with van der Waals surface area (Å²) in [4.78, 5) is 29.3. The molecule has 8 nitrogen and oxygen atoms in total. The summed E-state index contributed by atoms with van der Waals surface area (Å²) in [6, 6.07) is 18.4. The number of hydrogen-bond acceptors (Lipinski definition) is 7. The molecule has 0 radical (unpaired) electrons. The standard InChI is InChI=1S/C24H20N4O4S/c29-22(25-11-10-18-14-33-24(26-18)16-4-2-1-3-5-16)13-28-23(30)9-7-19(27-28)17-6-8-20-21(12-17)32-15-31-20/h1-9,12,14H,10-11,13,15H2,(H,25,29). The van der Waals surface area contributed by atoms with Crippen molar-refractivity contribution in [1.82, 2.24) is 20.1 Å². The lowest BCUT2D eigenvalue weighted by molar-refractivity contribution is -0.121. The third-order valence-corrected chi connectivity index (χ3v) is 6.04. The van der Waals surface area contributed by atoms with Gasteiger partial charge in [-0.25, -0.2) is 9.67 Å². The minimum atomic E-state index is -0.346. The van der Waals surface area contributed by atoms with Gasteiger partial charge >= 0.3 is 0 Å². The van der Waals surface area contributed by atoms with Crippen molar-refractivity contribution < 1.29 is 14.3 Å². The second-order valence-corrected chi connectivity index (χ2v) is 8.25. The maximum Gasteiger partial charge on any atom is 0.267 e. The number of nitrogens with one attached hydrogen (secondary N) is 1. The molecule has 0 atom stereocenters. The number of carbonyl (C=O) groups excluding carboxylic acids is 1. The van der Waals surface area contributed by atoms with E-state index < -0.39 is 0 Å². The molecule has 0 unspecified atom stereocenters. The van der Waals surface area contributed by atoms with Crippen LogP contribution in [0.1, 0.15) is 5.69 Å². The van der Waals surface area contributed by atoms with Gasteiger partial charge in [-0.3, -0.25) is 9.59 Å². The number of carbonyl (C=O) groups is 1. The minimum absolute atomic E-state index is 0.163. The highest BCUT2D eigenvalue weighted by molar-refractivity contribution is 7.13. The fourth-order valence-electron chi connectivity index (χ4n) is 3.43. The molecule has 1 aliphatic rings. The van der Waals surface area contributed by atoms with Gasteiger partial charge in [-0.2, -0.15) is 5.10 Å². The normalized spacial score (nSPS) is 12.0. The van der Waals surface area contributed by atoms with E-state index in [1.807, 2.05) is 41.8 Å². The van der Waals surface area contributed by atoms with E-state index in [-0.39, 0.29) is 24.8 Å². The highest BCUT2D eigenvalue weighted by atomic mass is 32.1. The largest absolute Gasteiger partial charge is 0.454 e. The molecule has 0 aliphatic carbocycles. The molecule has 166 valence electrons. The summed E-state index contributed by atoms with van der Waals surface area (Å²) in [5.41, 5.74) is 2.98. The van der Waals surface area contributed by atoms with Gasteiger partial charge in [-0.05, 0) is 24.3 Å². The Labute approximate surface area is 193 Å². The first-order chi connectivity index (χ1) is 16.2.